The zero-order valence-electron chi connectivity index (χ0n) is 12.3. The number of Topliss-reactive ketones (excluding diaryl/α,β-unsaturated/α-hetero) is 1. The van der Waals surface area contributed by atoms with Crippen LogP contribution in [0.4, 0.5) is 0 Å². The molecule has 0 saturated carbocycles. The first-order valence-corrected chi connectivity index (χ1v) is 7.18. The quantitative estimate of drug-likeness (QED) is 0.721. The van der Waals surface area contributed by atoms with Crippen LogP contribution in [-0.2, 0) is 16.0 Å². The second-order valence-corrected chi connectivity index (χ2v) is 4.94. The van der Waals surface area contributed by atoms with E-state index in [-0.39, 0.29) is 17.7 Å². The molecule has 1 amide bonds. The maximum atomic E-state index is 12.2. The molecule has 0 radical (unpaired) electrons. The minimum Gasteiger partial charge on any atom is -0.354 e. The number of ketones is 1. The second kappa shape index (κ2) is 9.26. The number of amides is 1. The molecule has 20 heavy (non-hydrogen) atoms. The number of benzene rings is 1. The summed E-state index contributed by atoms with van der Waals surface area (Å²) in [5.74, 6) is 0.0509. The maximum Gasteiger partial charge on any atom is 0.237 e. The van der Waals surface area contributed by atoms with Crippen molar-refractivity contribution in [2.75, 3.05) is 13.1 Å². The van der Waals surface area contributed by atoms with Crippen LogP contribution in [0.25, 0.3) is 0 Å². The van der Waals surface area contributed by atoms with Gasteiger partial charge >= 0.3 is 0 Å². The Morgan fingerprint density at radius 3 is 2.45 bits per heavy atom. The topological polar surface area (TPSA) is 58.2 Å². The monoisotopic (exact) mass is 276 g/mol. The zero-order chi connectivity index (χ0) is 14.8. The van der Waals surface area contributed by atoms with Gasteiger partial charge in [-0.05, 0) is 31.9 Å². The highest BCUT2D eigenvalue weighted by atomic mass is 16.2. The van der Waals surface area contributed by atoms with Crippen LogP contribution in [0, 0.1) is 0 Å². The first-order chi connectivity index (χ1) is 9.63. The van der Waals surface area contributed by atoms with Gasteiger partial charge in [0, 0.05) is 13.0 Å². The zero-order valence-corrected chi connectivity index (χ0v) is 12.3. The minimum absolute atomic E-state index is 0.0384. The van der Waals surface area contributed by atoms with E-state index in [1.54, 1.807) is 0 Å². The molecule has 0 saturated heterocycles. The van der Waals surface area contributed by atoms with E-state index >= 15 is 0 Å². The third-order valence-electron chi connectivity index (χ3n) is 3.02. The molecule has 1 unspecified atom stereocenters. The van der Waals surface area contributed by atoms with Crippen molar-refractivity contribution in [3.05, 3.63) is 35.9 Å². The van der Waals surface area contributed by atoms with Gasteiger partial charge in [0.05, 0.1) is 6.04 Å². The van der Waals surface area contributed by atoms with Crippen LogP contribution in [-0.4, -0.2) is 30.8 Å². The van der Waals surface area contributed by atoms with Crippen LogP contribution in [0.2, 0.25) is 0 Å². The van der Waals surface area contributed by atoms with Crippen molar-refractivity contribution in [3.8, 4) is 0 Å². The van der Waals surface area contributed by atoms with Crippen molar-refractivity contribution >= 4 is 11.7 Å². The van der Waals surface area contributed by atoms with E-state index < -0.39 is 0 Å². The lowest BCUT2D eigenvalue weighted by Crippen LogP contribution is -2.46. The van der Waals surface area contributed by atoms with Crippen molar-refractivity contribution in [1.29, 1.82) is 0 Å². The predicted octanol–water partition coefficient (Wildman–Crippen LogP) is 1.69. The molecule has 1 atom stereocenters. The SMILES string of the molecule is CCCNC(Cc1ccccc1)C(=O)NCCC(C)=O. The fraction of sp³-hybridized carbons (Fsp3) is 0.500. The molecule has 0 aliphatic rings. The molecule has 0 heterocycles. The molecule has 0 aliphatic heterocycles. The number of nitrogens with one attached hydrogen (secondary N) is 2. The fourth-order valence-corrected chi connectivity index (χ4v) is 1.91. The molecule has 2 N–H and O–H groups in total. The van der Waals surface area contributed by atoms with Crippen molar-refractivity contribution in [2.24, 2.45) is 0 Å². The number of hydrogen-bond donors (Lipinski definition) is 2. The first kappa shape index (κ1) is 16.4. The average Bonchev–Trinajstić information content (AvgIpc) is 2.44. The standard InChI is InChI=1S/C16H24N2O2/c1-3-10-17-15(12-14-7-5-4-6-8-14)16(20)18-11-9-13(2)19/h4-8,15,17H,3,9-12H2,1-2H3,(H,18,20). The van der Waals surface area contributed by atoms with Crippen molar-refractivity contribution in [3.63, 3.8) is 0 Å². The Balaban J connectivity index is 2.54. The van der Waals surface area contributed by atoms with E-state index in [0.717, 1.165) is 18.5 Å². The van der Waals surface area contributed by atoms with Gasteiger partial charge in [-0.15, -0.1) is 0 Å². The fourth-order valence-electron chi connectivity index (χ4n) is 1.91. The van der Waals surface area contributed by atoms with E-state index in [1.165, 1.54) is 6.92 Å². The smallest absolute Gasteiger partial charge is 0.237 e. The Bertz CT molecular complexity index is 418. The van der Waals surface area contributed by atoms with Crippen LogP contribution < -0.4 is 10.6 Å². The van der Waals surface area contributed by atoms with E-state index in [9.17, 15) is 9.59 Å². The van der Waals surface area contributed by atoms with E-state index in [4.69, 9.17) is 0 Å². The average molecular weight is 276 g/mol. The minimum atomic E-state index is -0.246. The Morgan fingerprint density at radius 2 is 1.85 bits per heavy atom. The summed E-state index contributed by atoms with van der Waals surface area (Å²) in [6, 6.07) is 9.70. The van der Waals surface area contributed by atoms with Gasteiger partial charge in [0.2, 0.25) is 5.91 Å². The van der Waals surface area contributed by atoms with Gasteiger partial charge in [-0.2, -0.15) is 0 Å². The maximum absolute atomic E-state index is 12.2. The summed E-state index contributed by atoms with van der Waals surface area (Å²) in [5.41, 5.74) is 1.13. The largest absolute Gasteiger partial charge is 0.354 e. The van der Waals surface area contributed by atoms with E-state index in [1.807, 2.05) is 30.3 Å². The Hall–Kier alpha value is -1.68. The van der Waals surface area contributed by atoms with Gasteiger partial charge in [-0.1, -0.05) is 37.3 Å². The molecule has 4 nitrogen and oxygen atoms in total. The number of carbonyl (C=O) groups is 2. The van der Waals surface area contributed by atoms with Crippen LogP contribution >= 0.6 is 0 Å². The Labute approximate surface area is 121 Å². The molecule has 0 fully saturated rings. The number of rotatable bonds is 9. The second-order valence-electron chi connectivity index (χ2n) is 4.94. The molecule has 0 bridgehead atoms. The van der Waals surface area contributed by atoms with Crippen LogP contribution in [0.3, 0.4) is 0 Å². The summed E-state index contributed by atoms with van der Waals surface area (Å²) >= 11 is 0. The third-order valence-corrected chi connectivity index (χ3v) is 3.02. The van der Waals surface area contributed by atoms with Crippen LogP contribution in [0.15, 0.2) is 30.3 Å². The molecule has 4 heteroatoms. The van der Waals surface area contributed by atoms with Crippen molar-refractivity contribution < 1.29 is 9.59 Å². The van der Waals surface area contributed by atoms with Gasteiger partial charge in [0.15, 0.2) is 0 Å². The molecule has 1 aromatic rings. The Morgan fingerprint density at radius 1 is 1.15 bits per heavy atom. The summed E-state index contributed by atoms with van der Waals surface area (Å²) in [4.78, 5) is 23.0. The molecule has 1 aromatic carbocycles. The molecule has 110 valence electrons. The molecule has 0 spiro atoms. The summed E-state index contributed by atoms with van der Waals surface area (Å²) in [6.45, 7) is 4.81. The summed E-state index contributed by atoms with van der Waals surface area (Å²) in [6.07, 6.45) is 2.02. The van der Waals surface area contributed by atoms with Gasteiger partial charge in [-0.3, -0.25) is 9.59 Å². The molecule has 1 rings (SSSR count). The number of carbonyl (C=O) groups excluding carboxylic acids is 2. The molecule has 0 aromatic heterocycles. The van der Waals surface area contributed by atoms with E-state index in [0.29, 0.717) is 19.4 Å². The summed E-state index contributed by atoms with van der Waals surface area (Å²) in [7, 11) is 0. The van der Waals surface area contributed by atoms with Crippen LogP contribution in [0.5, 0.6) is 0 Å². The number of hydrogen-bond acceptors (Lipinski definition) is 3. The van der Waals surface area contributed by atoms with Gasteiger partial charge in [0.25, 0.3) is 0 Å². The summed E-state index contributed by atoms with van der Waals surface area (Å²) < 4.78 is 0. The lowest BCUT2D eigenvalue weighted by atomic mass is 10.1. The van der Waals surface area contributed by atoms with Gasteiger partial charge in [0.1, 0.15) is 5.78 Å². The third kappa shape index (κ3) is 6.48. The highest BCUT2D eigenvalue weighted by Gasteiger charge is 2.17. The van der Waals surface area contributed by atoms with E-state index in [2.05, 4.69) is 17.6 Å². The van der Waals surface area contributed by atoms with Crippen molar-refractivity contribution in [1.82, 2.24) is 10.6 Å². The van der Waals surface area contributed by atoms with Gasteiger partial charge < -0.3 is 10.6 Å². The van der Waals surface area contributed by atoms with Crippen molar-refractivity contribution in [2.45, 2.75) is 39.2 Å². The molecule has 0 aliphatic carbocycles. The highest BCUT2D eigenvalue weighted by Crippen LogP contribution is 2.03. The molecular formula is C16H24N2O2. The first-order valence-electron chi connectivity index (χ1n) is 7.18. The highest BCUT2D eigenvalue weighted by molar-refractivity contribution is 5.83. The normalized spacial score (nSPS) is 11.9. The molecular weight excluding hydrogens is 252 g/mol. The summed E-state index contributed by atoms with van der Waals surface area (Å²) in [5, 5.41) is 6.08. The Kier molecular flexibility index (Phi) is 7.58. The lowest BCUT2D eigenvalue weighted by molar-refractivity contribution is -0.123. The lowest BCUT2D eigenvalue weighted by Gasteiger charge is -2.18. The van der Waals surface area contributed by atoms with Gasteiger partial charge in [-0.25, -0.2) is 0 Å². The van der Waals surface area contributed by atoms with Crippen LogP contribution in [0.1, 0.15) is 32.3 Å². The predicted molar refractivity (Wildman–Crippen MR) is 80.5 cm³/mol.